The number of imidazole rings is 1. The number of hydrogen-bond acceptors (Lipinski definition) is 3. The summed E-state index contributed by atoms with van der Waals surface area (Å²) in [6.45, 7) is 1.51. The Hall–Kier alpha value is -1.81. The summed E-state index contributed by atoms with van der Waals surface area (Å²) in [4.78, 5) is 4.04. The molecule has 3 rings (SSSR count). The Kier molecular flexibility index (Phi) is 4.02. The minimum absolute atomic E-state index is 0.468. The largest absolute Gasteiger partial charge is 0.491 e. The lowest BCUT2D eigenvalue weighted by atomic mass is 9.87. The number of nitrogens with zero attached hydrogens (tertiary/aromatic N) is 2. The molecule has 106 valence electrons. The lowest BCUT2D eigenvalue weighted by Crippen LogP contribution is -2.22. The van der Waals surface area contributed by atoms with Crippen molar-refractivity contribution in [3.63, 3.8) is 0 Å². The highest BCUT2D eigenvalue weighted by Crippen LogP contribution is 2.35. The number of ether oxygens (including phenoxy) is 1. The molecule has 0 spiro atoms. The molecule has 1 aliphatic rings. The Morgan fingerprint density at radius 2 is 2.40 bits per heavy atom. The van der Waals surface area contributed by atoms with E-state index in [1.165, 1.54) is 24.0 Å². The second-order valence-electron chi connectivity index (χ2n) is 5.21. The van der Waals surface area contributed by atoms with Crippen LogP contribution in [0.15, 0.2) is 36.9 Å². The summed E-state index contributed by atoms with van der Waals surface area (Å²) in [6.07, 6.45) is 9.13. The molecular weight excluding hydrogens is 250 g/mol. The Morgan fingerprint density at radius 3 is 3.20 bits per heavy atom. The fourth-order valence-corrected chi connectivity index (χ4v) is 2.93. The summed E-state index contributed by atoms with van der Waals surface area (Å²) in [5.74, 6) is 1.04. The SMILES string of the molecule is CNC1CCCc2c(OCCn3ccnc3)cccc21. The molecule has 1 N–H and O–H groups in total. The van der Waals surface area contributed by atoms with Crippen molar-refractivity contribution in [2.24, 2.45) is 0 Å². The minimum Gasteiger partial charge on any atom is -0.491 e. The third-order valence-electron chi connectivity index (χ3n) is 3.98. The van der Waals surface area contributed by atoms with Gasteiger partial charge in [0.2, 0.25) is 0 Å². The van der Waals surface area contributed by atoms with E-state index in [0.29, 0.717) is 12.6 Å². The quantitative estimate of drug-likeness (QED) is 0.908. The second kappa shape index (κ2) is 6.09. The first kappa shape index (κ1) is 13.2. The lowest BCUT2D eigenvalue weighted by Gasteiger charge is -2.26. The van der Waals surface area contributed by atoms with Crippen LogP contribution >= 0.6 is 0 Å². The average Bonchev–Trinajstić information content (AvgIpc) is 3.00. The summed E-state index contributed by atoms with van der Waals surface area (Å²) in [6, 6.07) is 6.88. The molecule has 0 bridgehead atoms. The van der Waals surface area contributed by atoms with Crippen LogP contribution in [-0.4, -0.2) is 23.2 Å². The third kappa shape index (κ3) is 2.70. The minimum atomic E-state index is 0.468. The van der Waals surface area contributed by atoms with Crippen LogP contribution in [0.5, 0.6) is 5.75 Å². The predicted octanol–water partition coefficient (Wildman–Crippen LogP) is 2.56. The number of aromatic nitrogens is 2. The van der Waals surface area contributed by atoms with Crippen molar-refractivity contribution in [2.45, 2.75) is 31.8 Å². The Bertz CT molecular complexity index is 551. The van der Waals surface area contributed by atoms with Crippen molar-refractivity contribution >= 4 is 0 Å². The molecule has 20 heavy (non-hydrogen) atoms. The maximum atomic E-state index is 5.99. The van der Waals surface area contributed by atoms with Crippen molar-refractivity contribution in [3.8, 4) is 5.75 Å². The zero-order valence-electron chi connectivity index (χ0n) is 11.9. The van der Waals surface area contributed by atoms with Gasteiger partial charge in [-0.1, -0.05) is 12.1 Å². The second-order valence-corrected chi connectivity index (χ2v) is 5.21. The normalized spacial score (nSPS) is 17.8. The van der Waals surface area contributed by atoms with E-state index in [2.05, 4.69) is 28.5 Å². The molecule has 1 aromatic carbocycles. The number of rotatable bonds is 5. The molecular formula is C16H21N3O. The first-order valence-electron chi connectivity index (χ1n) is 7.26. The molecule has 0 radical (unpaired) electrons. The van der Waals surface area contributed by atoms with Crippen molar-refractivity contribution in [1.29, 1.82) is 0 Å². The zero-order chi connectivity index (χ0) is 13.8. The van der Waals surface area contributed by atoms with E-state index in [1.807, 2.05) is 24.1 Å². The van der Waals surface area contributed by atoms with Crippen molar-refractivity contribution in [1.82, 2.24) is 14.9 Å². The van der Waals surface area contributed by atoms with E-state index in [4.69, 9.17) is 4.74 Å². The number of benzene rings is 1. The van der Waals surface area contributed by atoms with Gasteiger partial charge >= 0.3 is 0 Å². The summed E-state index contributed by atoms with van der Waals surface area (Å²) >= 11 is 0. The maximum Gasteiger partial charge on any atom is 0.122 e. The first-order chi connectivity index (χ1) is 9.88. The van der Waals surface area contributed by atoms with Crippen LogP contribution in [0.4, 0.5) is 0 Å². The summed E-state index contributed by atoms with van der Waals surface area (Å²) in [7, 11) is 2.03. The molecule has 0 fully saturated rings. The highest BCUT2D eigenvalue weighted by Gasteiger charge is 2.21. The van der Waals surface area contributed by atoms with Gasteiger partial charge in [-0.2, -0.15) is 0 Å². The number of hydrogen-bond donors (Lipinski definition) is 1. The lowest BCUT2D eigenvalue weighted by molar-refractivity contribution is 0.293. The zero-order valence-corrected chi connectivity index (χ0v) is 11.9. The number of fused-ring (bicyclic) bond motifs is 1. The van der Waals surface area contributed by atoms with Crippen LogP contribution in [-0.2, 0) is 13.0 Å². The van der Waals surface area contributed by atoms with Crippen LogP contribution in [0.2, 0.25) is 0 Å². The fraction of sp³-hybridized carbons (Fsp3) is 0.438. The fourth-order valence-electron chi connectivity index (χ4n) is 2.93. The van der Waals surface area contributed by atoms with Gasteiger partial charge < -0.3 is 14.6 Å². The van der Waals surface area contributed by atoms with Crippen molar-refractivity contribution in [2.75, 3.05) is 13.7 Å². The molecule has 1 unspecified atom stereocenters. The molecule has 4 nitrogen and oxygen atoms in total. The predicted molar refractivity (Wildman–Crippen MR) is 78.9 cm³/mol. The highest BCUT2D eigenvalue weighted by atomic mass is 16.5. The van der Waals surface area contributed by atoms with Gasteiger partial charge in [-0.15, -0.1) is 0 Å². The molecule has 1 aliphatic carbocycles. The summed E-state index contributed by atoms with van der Waals surface area (Å²) < 4.78 is 8.03. The van der Waals surface area contributed by atoms with E-state index >= 15 is 0 Å². The third-order valence-corrected chi connectivity index (χ3v) is 3.98. The van der Waals surface area contributed by atoms with Gasteiger partial charge in [0.15, 0.2) is 0 Å². The Balaban J connectivity index is 1.70. The molecule has 0 saturated carbocycles. The molecule has 4 heteroatoms. The summed E-state index contributed by atoms with van der Waals surface area (Å²) in [5.41, 5.74) is 2.78. The van der Waals surface area contributed by atoms with Gasteiger partial charge in [0.05, 0.1) is 12.9 Å². The summed E-state index contributed by atoms with van der Waals surface area (Å²) in [5, 5.41) is 3.40. The molecule has 1 aromatic heterocycles. The van der Waals surface area contributed by atoms with Crippen LogP contribution in [0, 0.1) is 0 Å². The van der Waals surface area contributed by atoms with Crippen LogP contribution < -0.4 is 10.1 Å². The van der Waals surface area contributed by atoms with Gasteiger partial charge in [0.25, 0.3) is 0 Å². The van der Waals surface area contributed by atoms with E-state index < -0.39 is 0 Å². The average molecular weight is 271 g/mol. The van der Waals surface area contributed by atoms with Gasteiger partial charge in [-0.25, -0.2) is 4.98 Å². The molecule has 2 aromatic rings. The van der Waals surface area contributed by atoms with E-state index in [9.17, 15) is 0 Å². The maximum absolute atomic E-state index is 5.99. The van der Waals surface area contributed by atoms with Gasteiger partial charge in [-0.05, 0) is 43.5 Å². The van der Waals surface area contributed by atoms with Crippen LogP contribution in [0.25, 0.3) is 0 Å². The van der Waals surface area contributed by atoms with Crippen molar-refractivity contribution < 1.29 is 4.74 Å². The Labute approximate surface area is 119 Å². The standard InChI is InChI=1S/C16H21N3O/c1-17-15-6-2-5-14-13(15)4-3-7-16(14)20-11-10-19-9-8-18-12-19/h3-4,7-9,12,15,17H,2,5-6,10-11H2,1H3. The topological polar surface area (TPSA) is 39.1 Å². The first-order valence-corrected chi connectivity index (χ1v) is 7.26. The highest BCUT2D eigenvalue weighted by molar-refractivity contribution is 5.43. The Morgan fingerprint density at radius 1 is 1.45 bits per heavy atom. The molecule has 0 amide bonds. The van der Waals surface area contributed by atoms with Crippen molar-refractivity contribution in [3.05, 3.63) is 48.0 Å². The monoisotopic (exact) mass is 271 g/mol. The molecule has 1 atom stereocenters. The number of nitrogens with one attached hydrogen (secondary N) is 1. The smallest absolute Gasteiger partial charge is 0.122 e. The van der Waals surface area contributed by atoms with Gasteiger partial charge in [0.1, 0.15) is 12.4 Å². The van der Waals surface area contributed by atoms with Gasteiger partial charge in [-0.3, -0.25) is 0 Å². The van der Waals surface area contributed by atoms with Crippen LogP contribution in [0.1, 0.15) is 30.0 Å². The van der Waals surface area contributed by atoms with E-state index in [-0.39, 0.29) is 0 Å². The van der Waals surface area contributed by atoms with Gasteiger partial charge in [0, 0.05) is 18.4 Å². The van der Waals surface area contributed by atoms with E-state index in [1.54, 1.807) is 6.20 Å². The molecule has 1 heterocycles. The molecule has 0 saturated heterocycles. The van der Waals surface area contributed by atoms with E-state index in [0.717, 1.165) is 18.7 Å². The van der Waals surface area contributed by atoms with Crippen LogP contribution in [0.3, 0.4) is 0 Å². The molecule has 0 aliphatic heterocycles.